The quantitative estimate of drug-likeness (QED) is 0.573. The highest BCUT2D eigenvalue weighted by atomic mass is 16.5. The van der Waals surface area contributed by atoms with Crippen LogP contribution >= 0.6 is 0 Å². The van der Waals surface area contributed by atoms with Gasteiger partial charge in [-0.15, -0.1) is 0 Å². The maximum absolute atomic E-state index is 5.55. The molecule has 0 amide bonds. The zero-order valence-electron chi connectivity index (χ0n) is 13.6. The van der Waals surface area contributed by atoms with E-state index >= 15 is 0 Å². The van der Waals surface area contributed by atoms with E-state index in [2.05, 4.69) is 39.0 Å². The first kappa shape index (κ1) is 17.0. The number of rotatable bonds is 10. The molecule has 114 valence electrons. The van der Waals surface area contributed by atoms with Crippen LogP contribution in [0.4, 0.5) is 0 Å². The Morgan fingerprint density at radius 2 is 1.80 bits per heavy atom. The largest absolute Gasteiger partial charge is 0.496 e. The van der Waals surface area contributed by atoms with E-state index in [1.807, 2.05) is 0 Å². The van der Waals surface area contributed by atoms with E-state index in [4.69, 9.17) is 9.47 Å². The Bertz CT molecular complexity index is 372. The minimum atomic E-state index is 0.357. The molecule has 1 aromatic rings. The van der Waals surface area contributed by atoms with Gasteiger partial charge in [-0.25, -0.2) is 0 Å². The van der Waals surface area contributed by atoms with Crippen LogP contribution in [0.2, 0.25) is 0 Å². The Hall–Kier alpha value is -1.02. The summed E-state index contributed by atoms with van der Waals surface area (Å²) in [5, 5.41) is 0. The number of aryl methyl sites for hydroxylation is 2. The topological polar surface area (TPSA) is 18.5 Å². The first-order valence-corrected chi connectivity index (χ1v) is 7.94. The van der Waals surface area contributed by atoms with Crippen LogP contribution in [-0.4, -0.2) is 19.8 Å². The zero-order chi connectivity index (χ0) is 14.8. The average Bonchev–Trinajstić information content (AvgIpc) is 2.45. The number of methoxy groups -OCH3 is 1. The van der Waals surface area contributed by atoms with Crippen LogP contribution < -0.4 is 4.74 Å². The fraction of sp³-hybridized carbons (Fsp3) is 0.667. The summed E-state index contributed by atoms with van der Waals surface area (Å²) in [5.74, 6) is 1.03. The van der Waals surface area contributed by atoms with Gasteiger partial charge in [0, 0.05) is 6.61 Å². The van der Waals surface area contributed by atoms with Crippen LogP contribution in [0.25, 0.3) is 0 Å². The summed E-state index contributed by atoms with van der Waals surface area (Å²) in [5.41, 5.74) is 2.75. The monoisotopic (exact) mass is 278 g/mol. The summed E-state index contributed by atoms with van der Waals surface area (Å²) < 4.78 is 11.0. The Kier molecular flexibility index (Phi) is 8.36. The Morgan fingerprint density at radius 3 is 2.45 bits per heavy atom. The van der Waals surface area contributed by atoms with Crippen molar-refractivity contribution < 1.29 is 9.47 Å². The minimum absolute atomic E-state index is 0.357. The van der Waals surface area contributed by atoms with Gasteiger partial charge >= 0.3 is 0 Å². The molecule has 2 heteroatoms. The highest BCUT2D eigenvalue weighted by Crippen LogP contribution is 2.22. The van der Waals surface area contributed by atoms with Crippen LogP contribution in [-0.2, 0) is 17.6 Å². The van der Waals surface area contributed by atoms with Crippen LogP contribution in [0.1, 0.15) is 57.6 Å². The van der Waals surface area contributed by atoms with E-state index in [-0.39, 0.29) is 0 Å². The Balaban J connectivity index is 2.27. The van der Waals surface area contributed by atoms with Crippen molar-refractivity contribution in [3.63, 3.8) is 0 Å². The number of hydrogen-bond acceptors (Lipinski definition) is 2. The lowest BCUT2D eigenvalue weighted by atomic mass is 10.0. The van der Waals surface area contributed by atoms with Gasteiger partial charge in [0.2, 0.25) is 0 Å². The molecule has 0 unspecified atom stereocenters. The number of unbranched alkanes of at least 4 members (excludes halogenated alkanes) is 3. The van der Waals surface area contributed by atoms with Crippen molar-refractivity contribution in [2.75, 3.05) is 13.7 Å². The third-order valence-corrected chi connectivity index (χ3v) is 3.54. The van der Waals surface area contributed by atoms with Crippen LogP contribution in [0.5, 0.6) is 5.75 Å². The lowest BCUT2D eigenvalue weighted by molar-refractivity contribution is 0.0757. The first-order chi connectivity index (χ1) is 9.67. The van der Waals surface area contributed by atoms with Crippen LogP contribution in [0, 0.1) is 0 Å². The lowest BCUT2D eigenvalue weighted by Gasteiger charge is -2.10. The summed E-state index contributed by atoms with van der Waals surface area (Å²) in [7, 11) is 1.76. The molecule has 0 heterocycles. The summed E-state index contributed by atoms with van der Waals surface area (Å²) in [6.45, 7) is 7.27. The number of benzene rings is 1. The minimum Gasteiger partial charge on any atom is -0.496 e. The molecule has 0 aliphatic rings. The van der Waals surface area contributed by atoms with Gasteiger partial charge in [-0.1, -0.05) is 31.9 Å². The summed E-state index contributed by atoms with van der Waals surface area (Å²) in [6.07, 6.45) is 7.47. The van der Waals surface area contributed by atoms with E-state index in [1.165, 1.54) is 36.8 Å². The van der Waals surface area contributed by atoms with Crippen molar-refractivity contribution in [3.8, 4) is 5.75 Å². The molecular weight excluding hydrogens is 248 g/mol. The van der Waals surface area contributed by atoms with E-state index in [1.54, 1.807) is 7.11 Å². The van der Waals surface area contributed by atoms with Crippen LogP contribution in [0.3, 0.4) is 0 Å². The second-order valence-electron chi connectivity index (χ2n) is 5.58. The molecule has 0 saturated carbocycles. The molecule has 0 fully saturated rings. The highest BCUT2D eigenvalue weighted by Gasteiger charge is 2.04. The van der Waals surface area contributed by atoms with Crippen molar-refractivity contribution in [2.24, 2.45) is 0 Å². The van der Waals surface area contributed by atoms with Gasteiger partial charge in [-0.3, -0.25) is 0 Å². The zero-order valence-corrected chi connectivity index (χ0v) is 13.6. The van der Waals surface area contributed by atoms with E-state index in [0.29, 0.717) is 6.10 Å². The molecule has 0 spiro atoms. The standard InChI is InChI=1S/C18H30O2/c1-5-16-11-12-18(19-4)17(14-16)10-8-6-7-9-13-20-15(2)3/h11-12,14-15H,5-10,13H2,1-4H3. The van der Waals surface area contributed by atoms with Crippen molar-refractivity contribution in [2.45, 2.75) is 65.4 Å². The Morgan fingerprint density at radius 1 is 1.05 bits per heavy atom. The van der Waals surface area contributed by atoms with Gasteiger partial charge in [0.15, 0.2) is 0 Å². The third-order valence-electron chi connectivity index (χ3n) is 3.54. The average molecular weight is 278 g/mol. The molecule has 1 rings (SSSR count). The maximum atomic E-state index is 5.55. The number of ether oxygens (including phenoxy) is 2. The van der Waals surface area contributed by atoms with Gasteiger partial charge in [-0.05, 0) is 56.7 Å². The molecule has 1 aromatic carbocycles. The predicted molar refractivity (Wildman–Crippen MR) is 85.6 cm³/mol. The van der Waals surface area contributed by atoms with E-state index < -0.39 is 0 Å². The molecule has 0 radical (unpaired) electrons. The fourth-order valence-corrected chi connectivity index (χ4v) is 2.34. The van der Waals surface area contributed by atoms with E-state index in [0.717, 1.165) is 25.2 Å². The highest BCUT2D eigenvalue weighted by molar-refractivity contribution is 5.37. The second kappa shape index (κ2) is 9.82. The normalized spacial score (nSPS) is 11.1. The Labute approximate surface area is 124 Å². The summed E-state index contributed by atoms with van der Waals surface area (Å²) in [4.78, 5) is 0. The smallest absolute Gasteiger partial charge is 0.122 e. The molecule has 0 aliphatic heterocycles. The molecular formula is C18H30O2. The van der Waals surface area contributed by atoms with Crippen molar-refractivity contribution >= 4 is 0 Å². The van der Waals surface area contributed by atoms with Crippen molar-refractivity contribution in [3.05, 3.63) is 29.3 Å². The first-order valence-electron chi connectivity index (χ1n) is 7.94. The maximum Gasteiger partial charge on any atom is 0.122 e. The molecule has 20 heavy (non-hydrogen) atoms. The molecule has 0 bridgehead atoms. The molecule has 0 saturated heterocycles. The fourth-order valence-electron chi connectivity index (χ4n) is 2.34. The summed E-state index contributed by atoms with van der Waals surface area (Å²) >= 11 is 0. The van der Waals surface area contributed by atoms with Crippen LogP contribution in [0.15, 0.2) is 18.2 Å². The van der Waals surface area contributed by atoms with Gasteiger partial charge in [0.05, 0.1) is 13.2 Å². The van der Waals surface area contributed by atoms with Gasteiger partial charge in [0.1, 0.15) is 5.75 Å². The van der Waals surface area contributed by atoms with Gasteiger partial charge in [0.25, 0.3) is 0 Å². The molecule has 0 N–H and O–H groups in total. The summed E-state index contributed by atoms with van der Waals surface area (Å²) in [6, 6.07) is 6.55. The predicted octanol–water partition coefficient (Wildman–Crippen LogP) is 4.79. The molecule has 0 aromatic heterocycles. The van der Waals surface area contributed by atoms with Gasteiger partial charge in [-0.2, -0.15) is 0 Å². The molecule has 2 nitrogen and oxygen atoms in total. The van der Waals surface area contributed by atoms with Crippen molar-refractivity contribution in [1.82, 2.24) is 0 Å². The van der Waals surface area contributed by atoms with Crippen molar-refractivity contribution in [1.29, 1.82) is 0 Å². The lowest BCUT2D eigenvalue weighted by Crippen LogP contribution is -2.03. The van der Waals surface area contributed by atoms with E-state index in [9.17, 15) is 0 Å². The molecule has 0 aliphatic carbocycles. The SMILES string of the molecule is CCc1ccc(OC)c(CCCCCCOC(C)C)c1. The number of hydrogen-bond donors (Lipinski definition) is 0. The second-order valence-corrected chi connectivity index (χ2v) is 5.58. The molecule has 0 atom stereocenters. The third kappa shape index (κ3) is 6.42. The van der Waals surface area contributed by atoms with Gasteiger partial charge < -0.3 is 9.47 Å².